The van der Waals surface area contributed by atoms with E-state index in [1.807, 2.05) is 23.9 Å². The number of rotatable bonds is 8. The van der Waals surface area contributed by atoms with E-state index in [0.717, 1.165) is 23.5 Å². The predicted octanol–water partition coefficient (Wildman–Crippen LogP) is 6.49. The Morgan fingerprint density at radius 2 is 1.68 bits per heavy atom. The van der Waals surface area contributed by atoms with Crippen LogP contribution in [0.25, 0.3) is 0 Å². The van der Waals surface area contributed by atoms with E-state index in [-0.39, 0.29) is 5.82 Å². The van der Waals surface area contributed by atoms with E-state index >= 15 is 0 Å². The lowest BCUT2D eigenvalue weighted by Crippen LogP contribution is -2.18. The molecule has 0 aliphatic carbocycles. The van der Waals surface area contributed by atoms with Gasteiger partial charge in [0.2, 0.25) is 0 Å². The summed E-state index contributed by atoms with van der Waals surface area (Å²) in [5, 5.41) is 3.48. The van der Waals surface area contributed by atoms with Crippen LogP contribution in [-0.4, -0.2) is 12.8 Å². The molecule has 0 bridgehead atoms. The van der Waals surface area contributed by atoms with Gasteiger partial charge in [0.25, 0.3) is 0 Å². The van der Waals surface area contributed by atoms with Gasteiger partial charge in [-0.05, 0) is 53.6 Å². The highest BCUT2D eigenvalue weighted by atomic mass is 32.2. The predicted molar refractivity (Wildman–Crippen MR) is 120 cm³/mol. The minimum atomic E-state index is -0.202. The Kier molecular flexibility index (Phi) is 6.99. The Morgan fingerprint density at radius 3 is 2.36 bits per heavy atom. The molecule has 0 saturated heterocycles. The second kappa shape index (κ2) is 9.65. The summed E-state index contributed by atoms with van der Waals surface area (Å²) in [7, 11) is 2.15. The summed E-state index contributed by atoms with van der Waals surface area (Å²) in [4.78, 5) is 3.61. The van der Waals surface area contributed by atoms with Crippen LogP contribution in [0, 0.1) is 12.7 Å². The van der Waals surface area contributed by atoms with Crippen LogP contribution in [0.4, 0.5) is 15.8 Å². The number of halogens is 1. The molecule has 2 nitrogen and oxygen atoms in total. The first-order chi connectivity index (χ1) is 13.6. The molecule has 146 valence electrons. The van der Waals surface area contributed by atoms with E-state index in [2.05, 4.69) is 73.6 Å². The molecule has 3 aromatic rings. The largest absolute Gasteiger partial charge is 0.381 e. The van der Waals surface area contributed by atoms with Gasteiger partial charge in [-0.1, -0.05) is 49.4 Å². The van der Waals surface area contributed by atoms with Crippen LogP contribution in [0.5, 0.6) is 0 Å². The number of anilines is 2. The van der Waals surface area contributed by atoms with Crippen LogP contribution in [0.15, 0.2) is 71.6 Å². The third-order valence-corrected chi connectivity index (χ3v) is 5.53. The van der Waals surface area contributed by atoms with Gasteiger partial charge in [0, 0.05) is 30.7 Å². The monoisotopic (exact) mass is 394 g/mol. The van der Waals surface area contributed by atoms with Crippen molar-refractivity contribution in [3.05, 3.63) is 89.2 Å². The maximum Gasteiger partial charge on any atom is 0.123 e. The number of nitrogens with one attached hydrogen (secondary N) is 1. The zero-order chi connectivity index (χ0) is 19.9. The lowest BCUT2D eigenvalue weighted by molar-refractivity contribution is 0.627. The number of hydrogen-bond donors (Lipinski definition) is 1. The zero-order valence-corrected chi connectivity index (χ0v) is 17.5. The third-order valence-electron chi connectivity index (χ3n) is 4.62. The van der Waals surface area contributed by atoms with Crippen LogP contribution in [0.1, 0.15) is 23.6 Å². The Balaban J connectivity index is 1.79. The van der Waals surface area contributed by atoms with Gasteiger partial charge in [-0.3, -0.25) is 0 Å². The highest BCUT2D eigenvalue weighted by molar-refractivity contribution is 7.99. The molecule has 0 spiro atoms. The van der Waals surface area contributed by atoms with Crippen LogP contribution >= 0.6 is 11.8 Å². The van der Waals surface area contributed by atoms with Gasteiger partial charge < -0.3 is 10.2 Å². The van der Waals surface area contributed by atoms with E-state index < -0.39 is 0 Å². The molecule has 28 heavy (non-hydrogen) atoms. The first kappa shape index (κ1) is 20.3. The van der Waals surface area contributed by atoms with Crippen molar-refractivity contribution in [2.75, 3.05) is 23.0 Å². The first-order valence-corrected chi connectivity index (χ1v) is 10.6. The SMILES string of the molecule is CCSc1cc(NCc2ccc(F)cc2)cc(C)c1N(C)Cc1ccccc1. The van der Waals surface area contributed by atoms with Crippen molar-refractivity contribution < 1.29 is 4.39 Å². The summed E-state index contributed by atoms with van der Waals surface area (Å²) in [6, 6.07) is 21.6. The molecular weight excluding hydrogens is 367 g/mol. The zero-order valence-electron chi connectivity index (χ0n) is 16.7. The number of benzene rings is 3. The fourth-order valence-corrected chi connectivity index (χ4v) is 4.32. The molecule has 3 rings (SSSR count). The summed E-state index contributed by atoms with van der Waals surface area (Å²) in [6.45, 7) is 5.90. The minimum Gasteiger partial charge on any atom is -0.381 e. The maximum atomic E-state index is 13.1. The van der Waals surface area contributed by atoms with Crippen molar-refractivity contribution in [1.29, 1.82) is 0 Å². The normalized spacial score (nSPS) is 10.7. The van der Waals surface area contributed by atoms with Crippen LogP contribution in [0.3, 0.4) is 0 Å². The molecule has 0 aliphatic heterocycles. The van der Waals surface area contributed by atoms with Gasteiger partial charge in [-0.25, -0.2) is 4.39 Å². The number of hydrogen-bond acceptors (Lipinski definition) is 3. The molecular formula is C24H27FN2S. The first-order valence-electron chi connectivity index (χ1n) is 9.57. The molecule has 0 aromatic heterocycles. The topological polar surface area (TPSA) is 15.3 Å². The van der Waals surface area contributed by atoms with Gasteiger partial charge in [-0.15, -0.1) is 11.8 Å². The number of nitrogens with zero attached hydrogens (tertiary/aromatic N) is 1. The quantitative estimate of drug-likeness (QED) is 0.439. The molecule has 0 unspecified atom stereocenters. The molecule has 4 heteroatoms. The molecule has 0 radical (unpaired) electrons. The van der Waals surface area contributed by atoms with Crippen molar-refractivity contribution in [2.24, 2.45) is 0 Å². The minimum absolute atomic E-state index is 0.202. The summed E-state index contributed by atoms with van der Waals surface area (Å²) in [5.41, 5.74) is 5.99. The Morgan fingerprint density at radius 1 is 0.964 bits per heavy atom. The summed E-state index contributed by atoms with van der Waals surface area (Å²) in [5.74, 6) is 0.819. The van der Waals surface area contributed by atoms with Gasteiger partial charge in [0.1, 0.15) is 5.82 Å². The molecule has 0 aliphatic rings. The van der Waals surface area contributed by atoms with Gasteiger partial charge in [0.05, 0.1) is 5.69 Å². The molecule has 3 aromatic carbocycles. The third kappa shape index (κ3) is 5.29. The van der Waals surface area contributed by atoms with Crippen molar-refractivity contribution in [1.82, 2.24) is 0 Å². The van der Waals surface area contributed by atoms with Crippen molar-refractivity contribution in [2.45, 2.75) is 31.8 Å². The van der Waals surface area contributed by atoms with Crippen LogP contribution in [-0.2, 0) is 13.1 Å². The van der Waals surface area contributed by atoms with E-state index in [1.165, 1.54) is 33.8 Å². The van der Waals surface area contributed by atoms with E-state index in [1.54, 1.807) is 0 Å². The Labute approximate surface area is 171 Å². The fourth-order valence-electron chi connectivity index (χ4n) is 3.35. The highest BCUT2D eigenvalue weighted by Crippen LogP contribution is 2.36. The fraction of sp³-hybridized carbons (Fsp3) is 0.250. The summed E-state index contributed by atoms with van der Waals surface area (Å²) >= 11 is 1.86. The summed E-state index contributed by atoms with van der Waals surface area (Å²) < 4.78 is 13.1. The average Bonchev–Trinajstić information content (AvgIpc) is 2.68. The lowest BCUT2D eigenvalue weighted by atomic mass is 10.1. The second-order valence-corrected chi connectivity index (χ2v) is 8.20. The van der Waals surface area contributed by atoms with Crippen molar-refractivity contribution in [3.8, 4) is 0 Å². The van der Waals surface area contributed by atoms with Gasteiger partial charge in [0.15, 0.2) is 0 Å². The van der Waals surface area contributed by atoms with Crippen molar-refractivity contribution >= 4 is 23.1 Å². The molecule has 0 saturated carbocycles. The van der Waals surface area contributed by atoms with E-state index in [4.69, 9.17) is 0 Å². The molecule has 0 heterocycles. The second-order valence-electron chi connectivity index (χ2n) is 6.89. The standard InChI is InChI=1S/C24H27FN2S/c1-4-28-23-15-22(26-16-19-10-12-21(25)13-11-19)14-18(2)24(23)27(3)17-20-8-6-5-7-9-20/h5-15,26H,4,16-17H2,1-3H3. The lowest BCUT2D eigenvalue weighted by Gasteiger charge is -2.25. The van der Waals surface area contributed by atoms with E-state index in [9.17, 15) is 4.39 Å². The highest BCUT2D eigenvalue weighted by Gasteiger charge is 2.13. The smallest absolute Gasteiger partial charge is 0.123 e. The Hall–Kier alpha value is -2.46. The number of thioether (sulfide) groups is 1. The summed E-state index contributed by atoms with van der Waals surface area (Å²) in [6.07, 6.45) is 0. The van der Waals surface area contributed by atoms with Gasteiger partial charge in [-0.2, -0.15) is 0 Å². The Bertz CT molecular complexity index is 894. The van der Waals surface area contributed by atoms with Crippen molar-refractivity contribution in [3.63, 3.8) is 0 Å². The molecule has 0 fully saturated rings. The van der Waals surface area contributed by atoms with E-state index in [0.29, 0.717) is 6.54 Å². The van der Waals surface area contributed by atoms with Crippen LogP contribution in [0.2, 0.25) is 0 Å². The average molecular weight is 395 g/mol. The molecule has 0 atom stereocenters. The maximum absolute atomic E-state index is 13.1. The van der Waals surface area contributed by atoms with Crippen LogP contribution < -0.4 is 10.2 Å². The molecule has 0 amide bonds. The molecule has 1 N–H and O–H groups in total. The van der Waals surface area contributed by atoms with Gasteiger partial charge >= 0.3 is 0 Å². The number of aryl methyl sites for hydroxylation is 1.